The van der Waals surface area contributed by atoms with Gasteiger partial charge in [-0.25, -0.2) is 12.7 Å². The average molecular weight is 292 g/mol. The zero-order valence-corrected chi connectivity index (χ0v) is 13.3. The molecule has 0 spiro atoms. The van der Waals surface area contributed by atoms with Crippen molar-refractivity contribution in [2.75, 3.05) is 7.05 Å². The number of thiocarbonyl (C=S) groups is 1. The molecule has 4 nitrogen and oxygen atoms in total. The maximum Gasteiger partial charge on any atom is 0.223 e. The topological polar surface area (TPSA) is 63.4 Å². The standard InChI is InChI=1S/C12H24N2O2S2/c1-9(11(13)17)18(15,16)14(4)10-5-7-12(2,3)8-6-10/h9-10H,5-8H2,1-4H3,(H2,13,17). The summed E-state index contributed by atoms with van der Waals surface area (Å²) in [5, 5.41) is -0.785. The molecule has 0 aliphatic heterocycles. The van der Waals surface area contributed by atoms with Crippen LogP contribution in [-0.2, 0) is 10.0 Å². The highest BCUT2D eigenvalue weighted by molar-refractivity contribution is 7.92. The number of nitrogens with two attached hydrogens (primary N) is 1. The number of hydrogen-bond donors (Lipinski definition) is 1. The molecule has 0 aromatic heterocycles. The van der Waals surface area contributed by atoms with Crippen LogP contribution in [0, 0.1) is 5.41 Å². The monoisotopic (exact) mass is 292 g/mol. The zero-order chi connectivity index (χ0) is 14.1. The molecule has 6 heteroatoms. The molecule has 0 heterocycles. The fourth-order valence-corrected chi connectivity index (χ4v) is 4.14. The summed E-state index contributed by atoms with van der Waals surface area (Å²) in [6.45, 7) is 6.02. The van der Waals surface area contributed by atoms with Gasteiger partial charge in [-0.2, -0.15) is 0 Å². The molecule has 0 bridgehead atoms. The van der Waals surface area contributed by atoms with Crippen molar-refractivity contribution in [2.24, 2.45) is 11.1 Å². The van der Waals surface area contributed by atoms with Gasteiger partial charge in [0.15, 0.2) is 0 Å². The first-order chi connectivity index (χ1) is 8.08. The van der Waals surface area contributed by atoms with E-state index >= 15 is 0 Å². The van der Waals surface area contributed by atoms with E-state index < -0.39 is 15.3 Å². The third kappa shape index (κ3) is 3.42. The zero-order valence-electron chi connectivity index (χ0n) is 11.6. The highest BCUT2D eigenvalue weighted by Gasteiger charge is 2.36. The number of hydrogen-bond acceptors (Lipinski definition) is 3. The number of nitrogens with zero attached hydrogens (tertiary/aromatic N) is 1. The summed E-state index contributed by atoms with van der Waals surface area (Å²) in [5.74, 6) is 0. The Bertz CT molecular complexity index is 408. The average Bonchev–Trinajstić information content (AvgIpc) is 2.26. The molecule has 0 amide bonds. The molecule has 1 saturated carbocycles. The lowest BCUT2D eigenvalue weighted by Crippen LogP contribution is -2.47. The highest BCUT2D eigenvalue weighted by atomic mass is 32.2. The summed E-state index contributed by atoms with van der Waals surface area (Å²) in [6, 6.07) is 0.0832. The van der Waals surface area contributed by atoms with Crippen LogP contribution >= 0.6 is 12.2 Å². The first-order valence-corrected chi connectivity index (χ1v) is 8.25. The van der Waals surface area contributed by atoms with Crippen LogP contribution in [0.2, 0.25) is 0 Å². The Balaban J connectivity index is 2.77. The van der Waals surface area contributed by atoms with Crippen LogP contribution in [0.3, 0.4) is 0 Å². The van der Waals surface area contributed by atoms with Gasteiger partial charge in [-0.05, 0) is 38.0 Å². The predicted molar refractivity (Wildman–Crippen MR) is 79.0 cm³/mol. The summed E-state index contributed by atoms with van der Waals surface area (Å²) in [4.78, 5) is 0.0398. The van der Waals surface area contributed by atoms with Crippen molar-refractivity contribution in [2.45, 2.75) is 57.7 Å². The molecule has 0 aromatic rings. The van der Waals surface area contributed by atoms with Gasteiger partial charge in [-0.15, -0.1) is 0 Å². The van der Waals surface area contributed by atoms with Crippen LogP contribution in [0.4, 0.5) is 0 Å². The molecule has 1 aliphatic carbocycles. The first-order valence-electron chi connectivity index (χ1n) is 6.34. The molecule has 0 radical (unpaired) electrons. The van der Waals surface area contributed by atoms with Crippen LogP contribution in [0.15, 0.2) is 0 Å². The number of rotatable bonds is 4. The highest BCUT2D eigenvalue weighted by Crippen LogP contribution is 2.37. The lowest BCUT2D eigenvalue weighted by Gasteiger charge is -2.38. The summed E-state index contributed by atoms with van der Waals surface area (Å²) in [7, 11) is -1.76. The van der Waals surface area contributed by atoms with Gasteiger partial charge in [0.2, 0.25) is 10.0 Å². The second kappa shape index (κ2) is 5.43. The third-order valence-electron chi connectivity index (χ3n) is 4.07. The van der Waals surface area contributed by atoms with E-state index in [1.807, 2.05) is 0 Å². The second-order valence-corrected chi connectivity index (χ2v) is 8.79. The largest absolute Gasteiger partial charge is 0.392 e. The molecule has 1 rings (SSSR count). The molecule has 106 valence electrons. The minimum Gasteiger partial charge on any atom is -0.392 e. The van der Waals surface area contributed by atoms with Crippen molar-refractivity contribution in [3.63, 3.8) is 0 Å². The van der Waals surface area contributed by atoms with Gasteiger partial charge in [-0.3, -0.25) is 0 Å². The SMILES string of the molecule is CC(C(N)=S)S(=O)(=O)N(C)C1CCC(C)(C)CC1. The van der Waals surface area contributed by atoms with Gasteiger partial charge >= 0.3 is 0 Å². The molecule has 1 aliphatic rings. The molecular formula is C12H24N2O2S2. The minimum atomic E-state index is -3.41. The maximum atomic E-state index is 12.3. The molecule has 1 unspecified atom stereocenters. The van der Waals surface area contributed by atoms with Crippen LogP contribution < -0.4 is 5.73 Å². The third-order valence-corrected chi connectivity index (χ3v) is 6.82. The van der Waals surface area contributed by atoms with E-state index in [4.69, 9.17) is 18.0 Å². The van der Waals surface area contributed by atoms with Crippen molar-refractivity contribution in [3.8, 4) is 0 Å². The van der Waals surface area contributed by atoms with Gasteiger partial charge in [0.05, 0.1) is 4.99 Å². The van der Waals surface area contributed by atoms with Crippen molar-refractivity contribution >= 4 is 27.2 Å². The summed E-state index contributed by atoms with van der Waals surface area (Å²) < 4.78 is 26.1. The van der Waals surface area contributed by atoms with Crippen molar-refractivity contribution in [1.82, 2.24) is 4.31 Å². The Kier molecular flexibility index (Phi) is 4.78. The van der Waals surface area contributed by atoms with E-state index in [0.717, 1.165) is 25.7 Å². The Morgan fingerprint density at radius 3 is 2.22 bits per heavy atom. The summed E-state index contributed by atoms with van der Waals surface area (Å²) in [6.07, 6.45) is 3.93. The Labute approximate surface area is 116 Å². The smallest absolute Gasteiger partial charge is 0.223 e. The van der Waals surface area contributed by atoms with Crippen molar-refractivity contribution in [3.05, 3.63) is 0 Å². The van der Waals surface area contributed by atoms with Gasteiger partial charge in [-0.1, -0.05) is 26.1 Å². The molecule has 1 fully saturated rings. The van der Waals surface area contributed by atoms with E-state index in [9.17, 15) is 8.42 Å². The van der Waals surface area contributed by atoms with Gasteiger partial charge in [0.1, 0.15) is 5.25 Å². The van der Waals surface area contributed by atoms with E-state index in [-0.39, 0.29) is 11.0 Å². The van der Waals surface area contributed by atoms with E-state index in [2.05, 4.69) is 13.8 Å². The predicted octanol–water partition coefficient (Wildman–Crippen LogP) is 1.89. The Morgan fingerprint density at radius 1 is 1.39 bits per heavy atom. The Hall–Kier alpha value is -0.200. The molecule has 18 heavy (non-hydrogen) atoms. The van der Waals surface area contributed by atoms with Crippen molar-refractivity contribution in [1.29, 1.82) is 0 Å². The van der Waals surface area contributed by atoms with Crippen LogP contribution in [-0.4, -0.2) is 36.1 Å². The maximum absolute atomic E-state index is 12.3. The number of sulfonamides is 1. The molecule has 1 atom stereocenters. The molecule has 2 N–H and O–H groups in total. The quantitative estimate of drug-likeness (QED) is 0.804. The summed E-state index contributed by atoms with van der Waals surface area (Å²) in [5.41, 5.74) is 5.79. The lowest BCUT2D eigenvalue weighted by atomic mass is 9.76. The van der Waals surface area contributed by atoms with Gasteiger partial charge in [0, 0.05) is 13.1 Å². The van der Waals surface area contributed by atoms with Gasteiger partial charge < -0.3 is 5.73 Å². The van der Waals surface area contributed by atoms with Crippen LogP contribution in [0.5, 0.6) is 0 Å². The normalized spacial score (nSPS) is 22.9. The molecule has 0 saturated heterocycles. The molecular weight excluding hydrogens is 268 g/mol. The van der Waals surface area contributed by atoms with Crippen LogP contribution in [0.1, 0.15) is 46.5 Å². The first kappa shape index (κ1) is 15.9. The second-order valence-electron chi connectivity index (χ2n) is 6.00. The Morgan fingerprint density at radius 2 is 1.83 bits per heavy atom. The fourth-order valence-electron chi connectivity index (χ4n) is 2.35. The lowest BCUT2D eigenvalue weighted by molar-refractivity contribution is 0.174. The van der Waals surface area contributed by atoms with Gasteiger partial charge in [0.25, 0.3) is 0 Å². The van der Waals surface area contributed by atoms with Crippen molar-refractivity contribution < 1.29 is 8.42 Å². The molecule has 0 aromatic carbocycles. The van der Waals surface area contributed by atoms with E-state index in [1.165, 1.54) is 4.31 Å². The fraction of sp³-hybridized carbons (Fsp3) is 0.917. The minimum absolute atomic E-state index is 0.0398. The van der Waals surface area contributed by atoms with Crippen LogP contribution in [0.25, 0.3) is 0 Å². The van der Waals surface area contributed by atoms with E-state index in [0.29, 0.717) is 5.41 Å². The van der Waals surface area contributed by atoms with E-state index in [1.54, 1.807) is 14.0 Å². The summed E-state index contributed by atoms with van der Waals surface area (Å²) >= 11 is 4.80.